The monoisotopic (exact) mass is 280 g/mol. The molecule has 0 radical (unpaired) electrons. The van der Waals surface area contributed by atoms with Crippen molar-refractivity contribution in [2.24, 2.45) is 0 Å². The third-order valence-corrected chi connectivity index (χ3v) is 5.46. The molecular weight excluding hydrogens is 260 g/mol. The average molecular weight is 280 g/mol. The lowest BCUT2D eigenvalue weighted by atomic mass is 9.97. The molecule has 3 rings (SSSR count). The first kappa shape index (κ1) is 12.9. The Morgan fingerprint density at radius 2 is 2.05 bits per heavy atom. The number of rotatable bonds is 1. The van der Waals surface area contributed by atoms with Gasteiger partial charge in [-0.25, -0.2) is 9.78 Å². The number of piperidine rings is 1. The van der Waals surface area contributed by atoms with Gasteiger partial charge >= 0.3 is 6.09 Å². The predicted octanol–water partition coefficient (Wildman–Crippen LogP) is 2.97. The fourth-order valence-electron chi connectivity index (χ4n) is 2.98. The summed E-state index contributed by atoms with van der Waals surface area (Å²) in [5.41, 5.74) is 1.35. The molecule has 1 aliphatic heterocycles. The molecule has 0 N–H and O–H groups in total. The summed E-state index contributed by atoms with van der Waals surface area (Å²) in [5, 5.41) is 1.30. The Kier molecular flexibility index (Phi) is 3.73. The molecule has 1 saturated heterocycles. The van der Waals surface area contributed by atoms with Crippen molar-refractivity contribution < 1.29 is 9.53 Å². The number of likely N-dealkylation sites (tertiary alicyclic amines) is 1. The van der Waals surface area contributed by atoms with Crippen LogP contribution < -0.4 is 0 Å². The number of nitrogens with zero attached hydrogens (tertiary/aromatic N) is 2. The zero-order valence-corrected chi connectivity index (χ0v) is 12.2. The molecule has 1 fully saturated rings. The topological polar surface area (TPSA) is 42.4 Å². The lowest BCUT2D eigenvalue weighted by Crippen LogP contribution is -2.37. The van der Waals surface area contributed by atoms with Gasteiger partial charge in [0.1, 0.15) is 0 Å². The van der Waals surface area contributed by atoms with Crippen molar-refractivity contribution in [2.75, 3.05) is 20.2 Å². The second kappa shape index (κ2) is 5.49. The summed E-state index contributed by atoms with van der Waals surface area (Å²) in [6.45, 7) is 1.59. The minimum Gasteiger partial charge on any atom is -0.453 e. The maximum Gasteiger partial charge on any atom is 0.409 e. The average Bonchev–Trinajstić information content (AvgIpc) is 2.90. The third kappa shape index (κ3) is 2.61. The molecule has 0 bridgehead atoms. The van der Waals surface area contributed by atoms with E-state index >= 15 is 0 Å². The smallest absolute Gasteiger partial charge is 0.409 e. The van der Waals surface area contributed by atoms with Gasteiger partial charge in [0, 0.05) is 23.9 Å². The van der Waals surface area contributed by atoms with Gasteiger partial charge in [-0.05, 0) is 38.5 Å². The zero-order chi connectivity index (χ0) is 13.2. The van der Waals surface area contributed by atoms with Crippen LogP contribution in [0, 0.1) is 0 Å². The van der Waals surface area contributed by atoms with Gasteiger partial charge in [0.25, 0.3) is 0 Å². The fraction of sp³-hybridized carbons (Fsp3) is 0.714. The van der Waals surface area contributed by atoms with Gasteiger partial charge in [-0.15, -0.1) is 11.3 Å². The summed E-state index contributed by atoms with van der Waals surface area (Å²) in [5.74, 6) is 0.538. The van der Waals surface area contributed by atoms with E-state index in [9.17, 15) is 4.79 Å². The molecule has 0 unspecified atom stereocenters. The highest BCUT2D eigenvalue weighted by Gasteiger charge is 2.27. The van der Waals surface area contributed by atoms with Crippen molar-refractivity contribution in [1.82, 2.24) is 9.88 Å². The maximum absolute atomic E-state index is 11.5. The number of aromatic nitrogens is 1. The van der Waals surface area contributed by atoms with Gasteiger partial charge < -0.3 is 9.64 Å². The normalized spacial score (nSPS) is 20.2. The molecule has 2 heterocycles. The van der Waals surface area contributed by atoms with E-state index in [0.29, 0.717) is 5.92 Å². The largest absolute Gasteiger partial charge is 0.453 e. The Balaban J connectivity index is 1.65. The van der Waals surface area contributed by atoms with Crippen molar-refractivity contribution in [3.63, 3.8) is 0 Å². The SMILES string of the molecule is COC(=O)N1CCC(c2nc3c(s2)CCCC3)CC1. The molecule has 5 heteroatoms. The van der Waals surface area contributed by atoms with Crippen LogP contribution in [0.25, 0.3) is 0 Å². The van der Waals surface area contributed by atoms with Crippen molar-refractivity contribution in [3.8, 4) is 0 Å². The Hall–Kier alpha value is -1.10. The van der Waals surface area contributed by atoms with Crippen molar-refractivity contribution in [1.29, 1.82) is 0 Å². The molecule has 4 nitrogen and oxygen atoms in total. The van der Waals surface area contributed by atoms with Crippen molar-refractivity contribution >= 4 is 17.4 Å². The van der Waals surface area contributed by atoms with E-state index in [0.717, 1.165) is 32.4 Å². The van der Waals surface area contributed by atoms with E-state index in [1.165, 1.54) is 42.0 Å². The van der Waals surface area contributed by atoms with Crippen LogP contribution >= 0.6 is 11.3 Å². The molecule has 0 atom stereocenters. The minimum atomic E-state index is -0.197. The van der Waals surface area contributed by atoms with Crippen LogP contribution in [0.2, 0.25) is 0 Å². The highest BCUT2D eigenvalue weighted by molar-refractivity contribution is 7.11. The number of hydrogen-bond acceptors (Lipinski definition) is 4. The molecule has 0 saturated carbocycles. The number of thiazole rings is 1. The molecule has 0 spiro atoms. The number of carbonyl (C=O) groups is 1. The summed E-state index contributed by atoms with van der Waals surface area (Å²) < 4.78 is 4.77. The van der Waals surface area contributed by atoms with E-state index in [-0.39, 0.29) is 6.09 Å². The zero-order valence-electron chi connectivity index (χ0n) is 11.4. The number of methoxy groups -OCH3 is 1. The van der Waals surface area contributed by atoms with Gasteiger partial charge in [0.15, 0.2) is 0 Å². The number of amides is 1. The Morgan fingerprint density at radius 1 is 1.32 bits per heavy atom. The number of ether oxygens (including phenoxy) is 1. The maximum atomic E-state index is 11.5. The summed E-state index contributed by atoms with van der Waals surface area (Å²) in [7, 11) is 1.45. The Labute approximate surface area is 117 Å². The van der Waals surface area contributed by atoms with Gasteiger partial charge in [-0.2, -0.15) is 0 Å². The van der Waals surface area contributed by atoms with E-state index in [4.69, 9.17) is 9.72 Å². The van der Waals surface area contributed by atoms with Crippen LogP contribution in [0.15, 0.2) is 0 Å². The van der Waals surface area contributed by atoms with Crippen LogP contribution in [-0.2, 0) is 17.6 Å². The molecule has 1 amide bonds. The Morgan fingerprint density at radius 3 is 2.74 bits per heavy atom. The third-order valence-electron chi connectivity index (χ3n) is 4.14. The molecule has 19 heavy (non-hydrogen) atoms. The summed E-state index contributed by atoms with van der Waals surface area (Å²) >= 11 is 1.91. The lowest BCUT2D eigenvalue weighted by Gasteiger charge is -2.29. The molecule has 2 aliphatic rings. The second-order valence-corrected chi connectivity index (χ2v) is 6.48. The lowest BCUT2D eigenvalue weighted by molar-refractivity contribution is 0.112. The second-order valence-electron chi connectivity index (χ2n) is 5.36. The van der Waals surface area contributed by atoms with Crippen molar-refractivity contribution in [2.45, 2.75) is 44.4 Å². The molecular formula is C14H20N2O2S. The quantitative estimate of drug-likeness (QED) is 0.794. The van der Waals surface area contributed by atoms with Crippen LogP contribution in [-0.4, -0.2) is 36.2 Å². The van der Waals surface area contributed by atoms with Gasteiger partial charge in [-0.3, -0.25) is 0 Å². The van der Waals surface area contributed by atoms with E-state index in [2.05, 4.69) is 0 Å². The highest BCUT2D eigenvalue weighted by Crippen LogP contribution is 2.35. The first-order valence-electron chi connectivity index (χ1n) is 7.09. The first-order chi connectivity index (χ1) is 9.28. The van der Waals surface area contributed by atoms with Gasteiger partial charge in [0.2, 0.25) is 0 Å². The number of fused-ring (bicyclic) bond motifs is 1. The summed E-state index contributed by atoms with van der Waals surface area (Å²) in [6, 6.07) is 0. The van der Waals surface area contributed by atoms with Crippen LogP contribution in [0.5, 0.6) is 0 Å². The van der Waals surface area contributed by atoms with E-state index < -0.39 is 0 Å². The van der Waals surface area contributed by atoms with E-state index in [1.54, 1.807) is 4.90 Å². The molecule has 1 aliphatic carbocycles. The summed E-state index contributed by atoms with van der Waals surface area (Å²) in [4.78, 5) is 19.6. The first-order valence-corrected chi connectivity index (χ1v) is 7.91. The van der Waals surface area contributed by atoms with Crippen molar-refractivity contribution in [3.05, 3.63) is 15.6 Å². The van der Waals surface area contributed by atoms with E-state index in [1.807, 2.05) is 11.3 Å². The highest BCUT2D eigenvalue weighted by atomic mass is 32.1. The molecule has 0 aromatic carbocycles. The minimum absolute atomic E-state index is 0.197. The van der Waals surface area contributed by atoms with Gasteiger partial charge in [0.05, 0.1) is 17.8 Å². The number of aryl methyl sites for hydroxylation is 2. The standard InChI is InChI=1S/C14H20N2O2S/c1-18-14(17)16-8-6-10(7-9-16)13-15-11-4-2-3-5-12(11)19-13/h10H,2-9H2,1H3. The number of carbonyl (C=O) groups excluding carboxylic acids is 1. The van der Waals surface area contributed by atoms with Crippen LogP contribution in [0.3, 0.4) is 0 Å². The fourth-order valence-corrected chi connectivity index (χ4v) is 4.31. The molecule has 1 aromatic heterocycles. The summed E-state index contributed by atoms with van der Waals surface area (Å²) in [6.07, 6.45) is 6.81. The Bertz CT molecular complexity index is 441. The number of hydrogen-bond donors (Lipinski definition) is 0. The predicted molar refractivity (Wildman–Crippen MR) is 74.7 cm³/mol. The van der Waals surface area contributed by atoms with Gasteiger partial charge in [-0.1, -0.05) is 0 Å². The molecule has 1 aromatic rings. The van der Waals surface area contributed by atoms with Crippen LogP contribution in [0.4, 0.5) is 4.79 Å². The molecule has 104 valence electrons. The van der Waals surface area contributed by atoms with Crippen LogP contribution in [0.1, 0.15) is 47.2 Å².